The molecule has 0 fully saturated rings. The lowest BCUT2D eigenvalue weighted by atomic mass is 10.3. The molecule has 2 rings (SSSR count). The van der Waals surface area contributed by atoms with Gasteiger partial charge >= 0.3 is 0 Å². The van der Waals surface area contributed by atoms with Gasteiger partial charge in [0.2, 0.25) is 0 Å². The van der Waals surface area contributed by atoms with Crippen molar-refractivity contribution in [1.29, 1.82) is 0 Å². The summed E-state index contributed by atoms with van der Waals surface area (Å²) in [6.07, 6.45) is 4.26. The molecule has 0 aliphatic rings. The topological polar surface area (TPSA) is 89.2 Å². The highest BCUT2D eigenvalue weighted by molar-refractivity contribution is 7.94. The van der Waals surface area contributed by atoms with Gasteiger partial charge in [-0.2, -0.15) is 0 Å². The van der Waals surface area contributed by atoms with Crippen LogP contribution in [0.15, 0.2) is 28.9 Å². The van der Waals surface area contributed by atoms with Crippen molar-refractivity contribution in [2.24, 2.45) is 0 Å². The van der Waals surface area contributed by atoms with Crippen LogP contribution in [0.1, 0.15) is 5.01 Å². The minimum Gasteiger partial charge on any atom is -0.396 e. The van der Waals surface area contributed by atoms with E-state index in [1.54, 1.807) is 13.0 Å². The van der Waals surface area contributed by atoms with Crippen LogP contribution >= 0.6 is 11.3 Å². The Morgan fingerprint density at radius 2 is 2.11 bits per heavy atom. The number of nitrogen functional groups attached to an aromatic ring is 1. The standard InChI is InChI=1S/C10H12N4O2S2/c1-7-13-6-10(17-7)18(15,16)14(2)9-3-4-12-5-8(9)11/h3-6H,11H2,1-2H3. The van der Waals surface area contributed by atoms with Crippen LogP contribution in [0.25, 0.3) is 0 Å². The van der Waals surface area contributed by atoms with E-state index in [-0.39, 0.29) is 4.21 Å². The molecule has 2 heterocycles. The van der Waals surface area contributed by atoms with Gasteiger partial charge in [-0.1, -0.05) is 0 Å². The lowest BCUT2D eigenvalue weighted by Gasteiger charge is -2.19. The molecule has 8 heteroatoms. The van der Waals surface area contributed by atoms with Crippen LogP contribution in [0.5, 0.6) is 0 Å². The third kappa shape index (κ3) is 2.16. The molecule has 96 valence electrons. The van der Waals surface area contributed by atoms with Gasteiger partial charge in [-0.3, -0.25) is 9.29 Å². The third-order valence-electron chi connectivity index (χ3n) is 2.38. The lowest BCUT2D eigenvalue weighted by Crippen LogP contribution is -2.26. The first-order valence-corrected chi connectivity index (χ1v) is 7.29. The number of aryl methyl sites for hydroxylation is 1. The first-order valence-electron chi connectivity index (χ1n) is 5.04. The van der Waals surface area contributed by atoms with E-state index < -0.39 is 10.0 Å². The molecule has 0 spiro atoms. The van der Waals surface area contributed by atoms with Crippen LogP contribution in [0.4, 0.5) is 11.4 Å². The number of thiazole rings is 1. The molecule has 2 aromatic heterocycles. The maximum absolute atomic E-state index is 12.3. The van der Waals surface area contributed by atoms with Crippen molar-refractivity contribution in [2.45, 2.75) is 11.1 Å². The molecule has 0 amide bonds. The highest BCUT2D eigenvalue weighted by Crippen LogP contribution is 2.28. The Morgan fingerprint density at radius 3 is 2.67 bits per heavy atom. The van der Waals surface area contributed by atoms with Crippen molar-refractivity contribution in [1.82, 2.24) is 9.97 Å². The second-order valence-corrected chi connectivity index (χ2v) is 7.04. The molecule has 0 atom stereocenters. The van der Waals surface area contributed by atoms with Gasteiger partial charge in [-0.25, -0.2) is 13.4 Å². The van der Waals surface area contributed by atoms with E-state index in [2.05, 4.69) is 9.97 Å². The summed E-state index contributed by atoms with van der Waals surface area (Å²) in [5.74, 6) is 0. The highest BCUT2D eigenvalue weighted by atomic mass is 32.2. The second kappa shape index (κ2) is 4.54. The summed E-state index contributed by atoms with van der Waals surface area (Å²) in [6, 6.07) is 1.56. The molecule has 2 N–H and O–H groups in total. The molecule has 0 radical (unpaired) electrons. The summed E-state index contributed by atoms with van der Waals surface area (Å²) in [4.78, 5) is 7.78. The quantitative estimate of drug-likeness (QED) is 0.916. The number of sulfonamides is 1. The average molecular weight is 284 g/mol. The van der Waals surface area contributed by atoms with Crippen molar-refractivity contribution < 1.29 is 8.42 Å². The third-order valence-corrected chi connectivity index (χ3v) is 5.50. The first-order chi connectivity index (χ1) is 8.43. The maximum atomic E-state index is 12.3. The minimum absolute atomic E-state index is 0.193. The van der Waals surface area contributed by atoms with Crippen LogP contribution in [-0.2, 0) is 10.0 Å². The fourth-order valence-corrected chi connectivity index (χ4v) is 3.91. The van der Waals surface area contributed by atoms with Crippen molar-refractivity contribution >= 4 is 32.7 Å². The summed E-state index contributed by atoms with van der Waals surface area (Å²) in [5, 5.41) is 0.699. The SMILES string of the molecule is Cc1ncc(S(=O)(=O)N(C)c2ccncc2N)s1. The monoisotopic (exact) mass is 284 g/mol. The predicted molar refractivity (Wildman–Crippen MR) is 71.1 cm³/mol. The van der Waals surface area contributed by atoms with E-state index in [0.29, 0.717) is 16.4 Å². The van der Waals surface area contributed by atoms with Crippen molar-refractivity contribution in [2.75, 3.05) is 17.1 Å². The molecule has 0 saturated heterocycles. The zero-order valence-electron chi connectivity index (χ0n) is 9.86. The van der Waals surface area contributed by atoms with Crippen LogP contribution in [0.3, 0.4) is 0 Å². The van der Waals surface area contributed by atoms with Crippen LogP contribution in [0, 0.1) is 6.92 Å². The van der Waals surface area contributed by atoms with Crippen LogP contribution in [-0.4, -0.2) is 25.4 Å². The van der Waals surface area contributed by atoms with E-state index in [4.69, 9.17) is 5.73 Å². The zero-order chi connectivity index (χ0) is 13.3. The fraction of sp³-hybridized carbons (Fsp3) is 0.200. The number of rotatable bonds is 3. The number of anilines is 2. The molecular weight excluding hydrogens is 272 g/mol. The summed E-state index contributed by atoms with van der Waals surface area (Å²) in [7, 11) is -2.16. The van der Waals surface area contributed by atoms with Gasteiger partial charge < -0.3 is 5.73 Å². The largest absolute Gasteiger partial charge is 0.396 e. The Labute approximate surface area is 109 Å². The molecule has 0 bridgehead atoms. The number of nitrogens with zero attached hydrogens (tertiary/aromatic N) is 3. The van der Waals surface area contributed by atoms with Gasteiger partial charge in [-0.05, 0) is 13.0 Å². The first kappa shape index (κ1) is 12.8. The van der Waals surface area contributed by atoms with Crippen LogP contribution in [0.2, 0.25) is 0 Å². The molecule has 0 unspecified atom stereocenters. The summed E-state index contributed by atoms with van der Waals surface area (Å²) in [5.41, 5.74) is 6.43. The number of pyridine rings is 1. The van der Waals surface area contributed by atoms with Gasteiger partial charge in [-0.15, -0.1) is 11.3 Å². The smallest absolute Gasteiger partial charge is 0.275 e. The fourth-order valence-electron chi connectivity index (χ4n) is 1.41. The Morgan fingerprint density at radius 1 is 1.39 bits per heavy atom. The summed E-state index contributed by atoms with van der Waals surface area (Å²) < 4.78 is 26.0. The predicted octanol–water partition coefficient (Wildman–Crippen LogP) is 1.25. The summed E-state index contributed by atoms with van der Waals surface area (Å²) in [6.45, 7) is 1.75. The molecule has 0 aliphatic heterocycles. The van der Waals surface area contributed by atoms with Gasteiger partial charge in [0.15, 0.2) is 4.21 Å². The van der Waals surface area contributed by atoms with E-state index in [1.807, 2.05) is 0 Å². The van der Waals surface area contributed by atoms with Crippen molar-refractivity contribution in [3.05, 3.63) is 29.7 Å². The van der Waals surface area contributed by atoms with E-state index >= 15 is 0 Å². The second-order valence-electron chi connectivity index (χ2n) is 3.61. The van der Waals surface area contributed by atoms with Crippen molar-refractivity contribution in [3.63, 3.8) is 0 Å². The van der Waals surface area contributed by atoms with E-state index in [1.165, 1.54) is 25.6 Å². The van der Waals surface area contributed by atoms with Gasteiger partial charge in [0.25, 0.3) is 10.0 Å². The number of aromatic nitrogens is 2. The number of hydrogen-bond donors (Lipinski definition) is 1. The van der Waals surface area contributed by atoms with Crippen LogP contribution < -0.4 is 10.0 Å². The van der Waals surface area contributed by atoms with E-state index in [9.17, 15) is 8.42 Å². The number of nitrogens with two attached hydrogens (primary N) is 1. The minimum atomic E-state index is -3.61. The molecule has 0 aliphatic carbocycles. The molecule has 18 heavy (non-hydrogen) atoms. The Kier molecular flexibility index (Phi) is 3.22. The molecule has 0 saturated carbocycles. The average Bonchev–Trinajstić information content (AvgIpc) is 2.76. The molecule has 6 nitrogen and oxygen atoms in total. The van der Waals surface area contributed by atoms with Gasteiger partial charge in [0.05, 0.1) is 28.8 Å². The van der Waals surface area contributed by atoms with E-state index in [0.717, 1.165) is 15.6 Å². The summed E-state index contributed by atoms with van der Waals surface area (Å²) >= 11 is 1.13. The van der Waals surface area contributed by atoms with Crippen molar-refractivity contribution in [3.8, 4) is 0 Å². The normalized spacial score (nSPS) is 11.4. The number of hydrogen-bond acceptors (Lipinski definition) is 6. The Hall–Kier alpha value is -1.67. The Bertz CT molecular complexity index is 666. The zero-order valence-corrected chi connectivity index (χ0v) is 11.5. The van der Waals surface area contributed by atoms with Gasteiger partial charge in [0, 0.05) is 13.2 Å². The lowest BCUT2D eigenvalue weighted by molar-refractivity contribution is 0.596. The maximum Gasteiger partial charge on any atom is 0.275 e. The molecule has 0 aromatic carbocycles. The molecule has 2 aromatic rings. The van der Waals surface area contributed by atoms with Gasteiger partial charge in [0.1, 0.15) is 0 Å². The Balaban J connectivity index is 2.46. The highest BCUT2D eigenvalue weighted by Gasteiger charge is 2.24. The molecular formula is C10H12N4O2S2.